The number of carbonyl (C=O) groups is 1. The molecule has 1 atom stereocenters. The molecule has 0 aliphatic heterocycles. The highest BCUT2D eigenvalue weighted by Crippen LogP contribution is 2.16. The van der Waals surface area contributed by atoms with E-state index in [1.165, 1.54) is 0 Å². The second-order valence-corrected chi connectivity index (χ2v) is 7.90. The second kappa shape index (κ2) is 7.81. The molecule has 0 saturated carbocycles. The van der Waals surface area contributed by atoms with Gasteiger partial charge in [0, 0.05) is 6.54 Å². The second-order valence-electron chi connectivity index (χ2n) is 6.41. The first-order chi connectivity index (χ1) is 8.89. The fourth-order valence-electron chi connectivity index (χ4n) is 1.82. The van der Waals surface area contributed by atoms with Crippen molar-refractivity contribution in [3.63, 3.8) is 0 Å². The molecule has 5 nitrogen and oxygen atoms in total. The van der Waals surface area contributed by atoms with Gasteiger partial charge in [-0.05, 0) is 45.4 Å². The van der Waals surface area contributed by atoms with Gasteiger partial charge in [0.15, 0.2) is 0 Å². The molecule has 1 N–H and O–H groups in total. The highest BCUT2D eigenvalue weighted by Gasteiger charge is 2.19. The lowest BCUT2D eigenvalue weighted by Gasteiger charge is -2.22. The Hall–Kier alpha value is -0.850. The maximum absolute atomic E-state index is 12.6. The zero-order valence-corrected chi connectivity index (χ0v) is 13.7. The molecule has 20 heavy (non-hydrogen) atoms. The normalized spacial score (nSPS) is 14.2. The summed E-state index contributed by atoms with van der Waals surface area (Å²) in [5.41, 5.74) is -0.583. The van der Waals surface area contributed by atoms with Crippen molar-refractivity contribution in [2.45, 2.75) is 53.1 Å². The molecule has 0 saturated heterocycles. The van der Waals surface area contributed by atoms with Gasteiger partial charge in [0.1, 0.15) is 5.60 Å². The average molecular weight is 311 g/mol. The van der Waals surface area contributed by atoms with Gasteiger partial charge < -0.3 is 10.1 Å². The number of hydrogen-bond acceptors (Lipinski definition) is 4. The predicted octanol–water partition coefficient (Wildman–Crippen LogP) is 2.86. The lowest BCUT2D eigenvalue weighted by atomic mass is 9.95. The quantitative estimate of drug-likeness (QED) is 0.734. The first-order valence-electron chi connectivity index (χ1n) is 6.78. The SMILES string of the molecule is CC(C)CC(CCS(=O)(=O)F)CNC(=O)OC(C)(C)C. The van der Waals surface area contributed by atoms with E-state index < -0.39 is 27.7 Å². The Balaban J connectivity index is 4.33. The number of halogens is 1. The third-order valence-corrected chi connectivity index (χ3v) is 3.23. The van der Waals surface area contributed by atoms with Gasteiger partial charge in [-0.25, -0.2) is 4.79 Å². The largest absolute Gasteiger partial charge is 0.444 e. The van der Waals surface area contributed by atoms with Crippen LogP contribution in [0.1, 0.15) is 47.5 Å². The Bertz CT molecular complexity index is 401. The number of ether oxygens (including phenoxy) is 1. The zero-order chi connectivity index (χ0) is 16.0. The molecule has 0 aliphatic rings. The smallest absolute Gasteiger partial charge is 0.407 e. The molecule has 0 heterocycles. The number of hydrogen-bond donors (Lipinski definition) is 1. The molecule has 0 aromatic rings. The summed E-state index contributed by atoms with van der Waals surface area (Å²) >= 11 is 0. The van der Waals surface area contributed by atoms with E-state index in [9.17, 15) is 17.1 Å². The Morgan fingerprint density at radius 3 is 2.25 bits per heavy atom. The van der Waals surface area contributed by atoms with Gasteiger partial charge in [-0.15, -0.1) is 3.89 Å². The average Bonchev–Trinajstić information content (AvgIpc) is 2.17. The Morgan fingerprint density at radius 1 is 1.30 bits per heavy atom. The van der Waals surface area contributed by atoms with Crippen molar-refractivity contribution in [3.8, 4) is 0 Å². The summed E-state index contributed by atoms with van der Waals surface area (Å²) in [6, 6.07) is 0. The molecular formula is C13H26FNO4S. The van der Waals surface area contributed by atoms with Crippen LogP contribution in [0.3, 0.4) is 0 Å². The van der Waals surface area contributed by atoms with Crippen LogP contribution in [0.5, 0.6) is 0 Å². The fraction of sp³-hybridized carbons (Fsp3) is 0.923. The van der Waals surface area contributed by atoms with Crippen molar-refractivity contribution < 1.29 is 21.8 Å². The van der Waals surface area contributed by atoms with Gasteiger partial charge in [-0.1, -0.05) is 13.8 Å². The van der Waals surface area contributed by atoms with Crippen molar-refractivity contribution in [3.05, 3.63) is 0 Å². The molecule has 7 heteroatoms. The summed E-state index contributed by atoms with van der Waals surface area (Å²) in [4.78, 5) is 11.5. The van der Waals surface area contributed by atoms with E-state index in [1.807, 2.05) is 13.8 Å². The monoisotopic (exact) mass is 311 g/mol. The van der Waals surface area contributed by atoms with E-state index in [1.54, 1.807) is 20.8 Å². The highest BCUT2D eigenvalue weighted by molar-refractivity contribution is 7.86. The van der Waals surface area contributed by atoms with Crippen molar-refractivity contribution in [2.24, 2.45) is 11.8 Å². The molecule has 1 amide bonds. The minimum atomic E-state index is -4.47. The predicted molar refractivity (Wildman–Crippen MR) is 76.7 cm³/mol. The Labute approximate surface area is 121 Å². The lowest BCUT2D eigenvalue weighted by molar-refractivity contribution is 0.0516. The number of carbonyl (C=O) groups excluding carboxylic acids is 1. The van der Waals surface area contributed by atoms with E-state index in [0.29, 0.717) is 12.3 Å². The molecule has 0 radical (unpaired) electrons. The van der Waals surface area contributed by atoms with Crippen molar-refractivity contribution >= 4 is 16.3 Å². The maximum Gasteiger partial charge on any atom is 0.407 e. The van der Waals surface area contributed by atoms with Crippen LogP contribution in [0.15, 0.2) is 0 Å². The van der Waals surface area contributed by atoms with E-state index in [0.717, 1.165) is 0 Å². The van der Waals surface area contributed by atoms with Crippen molar-refractivity contribution in [2.75, 3.05) is 12.3 Å². The minimum absolute atomic E-state index is 0.0898. The lowest BCUT2D eigenvalue weighted by Crippen LogP contribution is -2.36. The summed E-state index contributed by atoms with van der Waals surface area (Å²) in [7, 11) is -4.47. The molecule has 1 unspecified atom stereocenters. The standard InChI is InChI=1S/C13H26FNO4S/c1-10(2)8-11(6-7-20(14,17)18)9-15-12(16)19-13(3,4)5/h10-11H,6-9H2,1-5H3,(H,15,16). The van der Waals surface area contributed by atoms with Gasteiger partial charge in [0.05, 0.1) is 5.75 Å². The van der Waals surface area contributed by atoms with Gasteiger partial charge in [-0.2, -0.15) is 8.42 Å². The molecule has 0 aromatic heterocycles. The van der Waals surface area contributed by atoms with Crippen LogP contribution in [0.25, 0.3) is 0 Å². The van der Waals surface area contributed by atoms with Gasteiger partial charge in [0.25, 0.3) is 0 Å². The summed E-state index contributed by atoms with van der Waals surface area (Å²) in [5, 5.41) is 2.60. The third-order valence-electron chi connectivity index (χ3n) is 2.51. The molecular weight excluding hydrogens is 285 g/mol. The number of alkyl carbamates (subject to hydrolysis) is 1. The Morgan fingerprint density at radius 2 is 1.85 bits per heavy atom. The molecule has 0 fully saturated rings. The summed E-state index contributed by atoms with van der Waals surface area (Å²) < 4.78 is 38.8. The topological polar surface area (TPSA) is 72.5 Å². The van der Waals surface area contributed by atoms with E-state index in [2.05, 4.69) is 5.32 Å². The Kier molecular flexibility index (Phi) is 7.47. The van der Waals surface area contributed by atoms with Crippen LogP contribution in [0, 0.1) is 11.8 Å². The molecule has 0 aromatic carbocycles. The molecule has 0 bridgehead atoms. The summed E-state index contributed by atoms with van der Waals surface area (Å²) in [6.07, 6.45) is 0.354. The summed E-state index contributed by atoms with van der Waals surface area (Å²) in [6.45, 7) is 9.53. The minimum Gasteiger partial charge on any atom is -0.444 e. The first-order valence-corrected chi connectivity index (χ1v) is 8.33. The molecule has 0 spiro atoms. The van der Waals surface area contributed by atoms with Gasteiger partial charge >= 0.3 is 16.3 Å². The molecule has 0 aliphatic carbocycles. The molecule has 0 rings (SSSR count). The van der Waals surface area contributed by atoms with E-state index in [-0.39, 0.29) is 18.9 Å². The van der Waals surface area contributed by atoms with Crippen LogP contribution in [0.4, 0.5) is 8.68 Å². The van der Waals surface area contributed by atoms with Crippen LogP contribution >= 0.6 is 0 Å². The van der Waals surface area contributed by atoms with E-state index in [4.69, 9.17) is 4.74 Å². The van der Waals surface area contributed by atoms with Crippen LogP contribution in [0.2, 0.25) is 0 Å². The van der Waals surface area contributed by atoms with Gasteiger partial charge in [0.2, 0.25) is 0 Å². The van der Waals surface area contributed by atoms with E-state index >= 15 is 0 Å². The van der Waals surface area contributed by atoms with Crippen LogP contribution in [-0.2, 0) is 15.0 Å². The molecule has 120 valence electrons. The third kappa shape index (κ3) is 12.2. The summed E-state index contributed by atoms with van der Waals surface area (Å²) in [5.74, 6) is -0.267. The van der Waals surface area contributed by atoms with Crippen molar-refractivity contribution in [1.29, 1.82) is 0 Å². The number of amides is 1. The zero-order valence-electron chi connectivity index (χ0n) is 12.9. The van der Waals surface area contributed by atoms with Gasteiger partial charge in [-0.3, -0.25) is 0 Å². The fourth-order valence-corrected chi connectivity index (χ4v) is 2.43. The van der Waals surface area contributed by atoms with Crippen LogP contribution in [-0.4, -0.2) is 32.4 Å². The number of nitrogens with one attached hydrogen (secondary N) is 1. The number of rotatable bonds is 7. The highest BCUT2D eigenvalue weighted by atomic mass is 32.3. The van der Waals surface area contributed by atoms with Crippen molar-refractivity contribution in [1.82, 2.24) is 5.32 Å². The first kappa shape index (κ1) is 19.1. The maximum atomic E-state index is 12.6. The van der Waals surface area contributed by atoms with Crippen LogP contribution < -0.4 is 5.32 Å².